The predicted octanol–water partition coefficient (Wildman–Crippen LogP) is 4.60. The van der Waals surface area contributed by atoms with Crippen LogP contribution in [-0.4, -0.2) is 61.4 Å². The van der Waals surface area contributed by atoms with Gasteiger partial charge in [-0.1, -0.05) is 44.9 Å². The highest BCUT2D eigenvalue weighted by Crippen LogP contribution is 2.13. The third-order valence-corrected chi connectivity index (χ3v) is 5.79. The van der Waals surface area contributed by atoms with E-state index >= 15 is 0 Å². The molecule has 0 saturated carbocycles. The Labute approximate surface area is 184 Å². The summed E-state index contributed by atoms with van der Waals surface area (Å²) in [6.45, 7) is 5.82. The molecule has 0 aromatic carbocycles. The van der Waals surface area contributed by atoms with Crippen molar-refractivity contribution in [3.05, 3.63) is 0 Å². The van der Waals surface area contributed by atoms with Gasteiger partial charge >= 0.3 is 0 Å². The smallest absolute Gasteiger partial charge is 0.221 e. The summed E-state index contributed by atoms with van der Waals surface area (Å²) in [6.07, 6.45) is 13.6. The second-order valence-electron chi connectivity index (χ2n) is 8.52. The van der Waals surface area contributed by atoms with Gasteiger partial charge in [0.05, 0.1) is 0 Å². The van der Waals surface area contributed by atoms with Crippen molar-refractivity contribution in [1.82, 2.24) is 15.5 Å². The van der Waals surface area contributed by atoms with Crippen LogP contribution in [-0.2, 0) is 9.59 Å². The minimum absolute atomic E-state index is 0.174. The largest absolute Gasteiger partial charge is 0.356 e. The molecule has 6 heteroatoms. The van der Waals surface area contributed by atoms with Crippen molar-refractivity contribution in [3.8, 4) is 0 Å². The van der Waals surface area contributed by atoms with Crippen LogP contribution < -0.4 is 10.6 Å². The van der Waals surface area contributed by atoms with Crippen LogP contribution in [0.15, 0.2) is 0 Å². The Hall–Kier alpha value is -0.750. The first-order valence-electron chi connectivity index (χ1n) is 11.7. The lowest BCUT2D eigenvalue weighted by atomic mass is 10.1. The van der Waals surface area contributed by atoms with E-state index in [2.05, 4.69) is 29.6 Å². The average Bonchev–Trinajstić information content (AvgIpc) is 2.64. The number of carbonyl (C=O) groups is 2. The molecule has 0 saturated heterocycles. The lowest BCUT2D eigenvalue weighted by molar-refractivity contribution is -0.122. The third-order valence-electron chi connectivity index (χ3n) is 4.72. The molecule has 0 aromatic rings. The summed E-state index contributed by atoms with van der Waals surface area (Å²) < 4.78 is 0. The van der Waals surface area contributed by atoms with Crippen molar-refractivity contribution in [2.45, 2.75) is 96.9 Å². The first-order valence-corrected chi connectivity index (χ1v) is 12.9. The molecule has 0 unspecified atom stereocenters. The SMILES string of the molecule is CC(C)NC(=O)CCSCCCCCCCCCCCC(=O)NCCCN(C)C. The van der Waals surface area contributed by atoms with E-state index in [0.29, 0.717) is 12.8 Å². The fourth-order valence-corrected chi connectivity index (χ4v) is 4.04. The number of hydrogen-bond acceptors (Lipinski definition) is 4. The highest BCUT2D eigenvalue weighted by Gasteiger charge is 2.03. The number of rotatable bonds is 20. The number of hydrogen-bond donors (Lipinski definition) is 2. The van der Waals surface area contributed by atoms with E-state index in [0.717, 1.165) is 31.7 Å². The van der Waals surface area contributed by atoms with Crippen LogP contribution in [0.1, 0.15) is 90.9 Å². The van der Waals surface area contributed by atoms with Crippen LogP contribution in [0.3, 0.4) is 0 Å². The van der Waals surface area contributed by atoms with E-state index in [-0.39, 0.29) is 17.9 Å². The van der Waals surface area contributed by atoms with Crippen molar-refractivity contribution in [2.24, 2.45) is 0 Å². The molecule has 5 nitrogen and oxygen atoms in total. The van der Waals surface area contributed by atoms with Gasteiger partial charge in [0.1, 0.15) is 0 Å². The standard InChI is InChI=1S/C23H47N3O2S/c1-21(2)25-23(28)16-20-29-19-13-11-9-7-5-6-8-10-12-15-22(27)24-17-14-18-26(3)4/h21H,5-20H2,1-4H3,(H,24,27)(H,25,28). The van der Waals surface area contributed by atoms with Crippen LogP contribution >= 0.6 is 11.8 Å². The maximum absolute atomic E-state index is 11.7. The fraction of sp³-hybridized carbons (Fsp3) is 0.913. The maximum atomic E-state index is 11.7. The van der Waals surface area contributed by atoms with Crippen LogP contribution in [0.4, 0.5) is 0 Å². The van der Waals surface area contributed by atoms with Gasteiger partial charge in [-0.3, -0.25) is 9.59 Å². The third kappa shape index (κ3) is 23.4. The minimum atomic E-state index is 0.174. The summed E-state index contributed by atoms with van der Waals surface area (Å²) in [7, 11) is 4.11. The van der Waals surface area contributed by atoms with Crippen molar-refractivity contribution in [1.29, 1.82) is 0 Å². The summed E-state index contributed by atoms with van der Waals surface area (Å²) in [5, 5.41) is 5.94. The Morgan fingerprint density at radius 3 is 1.93 bits per heavy atom. The molecule has 0 aliphatic carbocycles. The molecule has 29 heavy (non-hydrogen) atoms. The summed E-state index contributed by atoms with van der Waals surface area (Å²) >= 11 is 1.90. The number of thioether (sulfide) groups is 1. The Morgan fingerprint density at radius 2 is 1.34 bits per heavy atom. The van der Waals surface area contributed by atoms with E-state index in [9.17, 15) is 9.59 Å². The molecule has 2 amide bonds. The lowest BCUT2D eigenvalue weighted by Crippen LogP contribution is -2.30. The van der Waals surface area contributed by atoms with E-state index < -0.39 is 0 Å². The van der Waals surface area contributed by atoms with E-state index in [1.807, 2.05) is 25.6 Å². The van der Waals surface area contributed by atoms with E-state index in [1.54, 1.807) is 0 Å². The zero-order valence-electron chi connectivity index (χ0n) is 19.6. The quantitative estimate of drug-likeness (QED) is 0.278. The number of unbranched alkanes of at least 4 members (excludes halogenated alkanes) is 8. The van der Waals surface area contributed by atoms with Gasteiger partial charge in [0.15, 0.2) is 0 Å². The molecule has 0 aliphatic rings. The second-order valence-corrected chi connectivity index (χ2v) is 9.75. The van der Waals surface area contributed by atoms with Gasteiger partial charge in [-0.25, -0.2) is 0 Å². The fourth-order valence-electron chi connectivity index (χ4n) is 3.10. The average molecular weight is 430 g/mol. The zero-order valence-corrected chi connectivity index (χ0v) is 20.4. The van der Waals surface area contributed by atoms with Crippen LogP contribution in [0.5, 0.6) is 0 Å². The van der Waals surface area contributed by atoms with Crippen molar-refractivity contribution >= 4 is 23.6 Å². The van der Waals surface area contributed by atoms with Crippen LogP contribution in [0.2, 0.25) is 0 Å². The molecule has 0 heterocycles. The number of amides is 2. The Balaban J connectivity index is 3.20. The summed E-state index contributed by atoms with van der Waals surface area (Å²) in [5.41, 5.74) is 0. The van der Waals surface area contributed by atoms with Crippen LogP contribution in [0, 0.1) is 0 Å². The number of nitrogens with one attached hydrogen (secondary N) is 2. The molecule has 0 fully saturated rings. The van der Waals surface area contributed by atoms with E-state index in [4.69, 9.17) is 0 Å². The Kier molecular flexibility index (Phi) is 20.0. The lowest BCUT2D eigenvalue weighted by Gasteiger charge is -2.09. The second kappa shape index (κ2) is 20.5. The first-order chi connectivity index (χ1) is 13.9. The Morgan fingerprint density at radius 1 is 0.759 bits per heavy atom. The summed E-state index contributed by atoms with van der Waals surface area (Å²) in [5.74, 6) is 2.49. The zero-order chi connectivity index (χ0) is 21.7. The highest BCUT2D eigenvalue weighted by molar-refractivity contribution is 7.99. The molecule has 0 aliphatic heterocycles. The van der Waals surface area contributed by atoms with Crippen molar-refractivity contribution in [2.75, 3.05) is 38.7 Å². The first kappa shape index (κ1) is 28.2. The van der Waals surface area contributed by atoms with Gasteiger partial charge < -0.3 is 15.5 Å². The molecule has 0 radical (unpaired) electrons. The predicted molar refractivity (Wildman–Crippen MR) is 128 cm³/mol. The highest BCUT2D eigenvalue weighted by atomic mass is 32.2. The monoisotopic (exact) mass is 429 g/mol. The van der Waals surface area contributed by atoms with Gasteiger partial charge in [0.2, 0.25) is 11.8 Å². The summed E-state index contributed by atoms with van der Waals surface area (Å²) in [6, 6.07) is 0.245. The maximum Gasteiger partial charge on any atom is 0.221 e. The molecule has 0 bridgehead atoms. The topological polar surface area (TPSA) is 61.4 Å². The molecule has 2 N–H and O–H groups in total. The molecular formula is C23H47N3O2S. The molecule has 0 rings (SSSR count). The van der Waals surface area contributed by atoms with Gasteiger partial charge in [-0.2, -0.15) is 11.8 Å². The molecule has 0 atom stereocenters. The summed E-state index contributed by atoms with van der Waals surface area (Å²) in [4.78, 5) is 25.4. The van der Waals surface area contributed by atoms with E-state index in [1.165, 1.54) is 57.1 Å². The molecular weight excluding hydrogens is 382 g/mol. The van der Waals surface area contributed by atoms with Gasteiger partial charge in [0, 0.05) is 31.2 Å². The minimum Gasteiger partial charge on any atom is -0.356 e. The van der Waals surface area contributed by atoms with Gasteiger partial charge in [0.25, 0.3) is 0 Å². The number of nitrogens with zero attached hydrogens (tertiary/aromatic N) is 1. The normalized spacial score (nSPS) is 11.2. The van der Waals surface area contributed by atoms with Crippen LogP contribution in [0.25, 0.3) is 0 Å². The molecule has 0 aromatic heterocycles. The van der Waals surface area contributed by atoms with Gasteiger partial charge in [-0.05, 0) is 59.5 Å². The van der Waals surface area contributed by atoms with Gasteiger partial charge in [-0.15, -0.1) is 0 Å². The molecule has 0 spiro atoms. The Bertz CT molecular complexity index is 404. The van der Waals surface area contributed by atoms with Crippen molar-refractivity contribution < 1.29 is 9.59 Å². The van der Waals surface area contributed by atoms with Crippen molar-refractivity contribution in [3.63, 3.8) is 0 Å². The molecule has 172 valence electrons. The number of carbonyl (C=O) groups excluding carboxylic acids is 2.